The molecule has 7 heteroatoms. The van der Waals surface area contributed by atoms with E-state index in [2.05, 4.69) is 0 Å². The van der Waals surface area contributed by atoms with Gasteiger partial charge in [-0.05, 0) is 62.3 Å². The Morgan fingerprint density at radius 1 is 1.28 bits per heavy atom. The van der Waals surface area contributed by atoms with E-state index < -0.39 is 15.8 Å². The van der Waals surface area contributed by atoms with Crippen LogP contribution in [0.4, 0.5) is 0 Å². The summed E-state index contributed by atoms with van der Waals surface area (Å²) in [6, 6.07) is 3.05. The first-order valence-electron chi connectivity index (χ1n) is 8.42. The van der Waals surface area contributed by atoms with E-state index in [1.807, 2.05) is 6.92 Å². The first kappa shape index (κ1) is 19.4. The molecular weight excluding hydrogens is 342 g/mol. The summed E-state index contributed by atoms with van der Waals surface area (Å²) in [4.78, 5) is 25.6. The molecule has 1 unspecified atom stereocenters. The molecule has 25 heavy (non-hydrogen) atoms. The molecule has 0 aliphatic carbocycles. The first-order valence-corrected chi connectivity index (χ1v) is 10.3. The highest BCUT2D eigenvalue weighted by Gasteiger charge is 2.27. The average Bonchev–Trinajstić information content (AvgIpc) is 2.54. The molecule has 1 aliphatic rings. The van der Waals surface area contributed by atoms with E-state index >= 15 is 0 Å². The normalized spacial score (nSPS) is 18.2. The summed E-state index contributed by atoms with van der Waals surface area (Å²) in [6.45, 7) is 4.75. The summed E-state index contributed by atoms with van der Waals surface area (Å²) in [5.74, 6) is -0.824. The van der Waals surface area contributed by atoms with Crippen LogP contribution < -0.4 is 0 Å². The second-order valence-corrected chi connectivity index (χ2v) is 8.89. The Balaban J connectivity index is 2.25. The van der Waals surface area contributed by atoms with Crippen LogP contribution in [0, 0.1) is 19.8 Å². The lowest BCUT2D eigenvalue weighted by molar-refractivity contribution is -0.137. The number of hydrogen-bond donors (Lipinski definition) is 1. The maximum atomic E-state index is 13.0. The predicted molar refractivity (Wildman–Crippen MR) is 94.5 cm³/mol. The number of aliphatic carboxylic acids is 1. The third kappa shape index (κ3) is 4.81. The van der Waals surface area contributed by atoms with Crippen molar-refractivity contribution in [3.8, 4) is 0 Å². The van der Waals surface area contributed by atoms with Gasteiger partial charge in [-0.3, -0.25) is 9.59 Å². The number of piperidine rings is 1. The largest absolute Gasteiger partial charge is 0.481 e. The smallest absolute Gasteiger partial charge is 0.303 e. The topological polar surface area (TPSA) is 91.8 Å². The minimum absolute atomic E-state index is 0.106. The van der Waals surface area contributed by atoms with Crippen LogP contribution in [0.2, 0.25) is 0 Å². The number of likely N-dealkylation sites (tertiary alicyclic amines) is 1. The fourth-order valence-corrected chi connectivity index (χ4v) is 3.97. The molecule has 0 radical (unpaired) electrons. The minimum Gasteiger partial charge on any atom is -0.481 e. The van der Waals surface area contributed by atoms with Crippen molar-refractivity contribution in [2.75, 3.05) is 19.3 Å². The Morgan fingerprint density at radius 2 is 1.96 bits per heavy atom. The molecule has 0 spiro atoms. The van der Waals surface area contributed by atoms with E-state index in [1.165, 1.54) is 6.07 Å². The number of carbonyl (C=O) groups excluding carboxylic acids is 1. The van der Waals surface area contributed by atoms with Gasteiger partial charge in [-0.1, -0.05) is 0 Å². The zero-order valence-corrected chi connectivity index (χ0v) is 15.7. The van der Waals surface area contributed by atoms with E-state index in [0.29, 0.717) is 25.1 Å². The SMILES string of the molecule is Cc1cc(S(C)(=O)=O)cc(C(=O)N2CCCC(CCC(=O)O)C2)c1C. The van der Waals surface area contributed by atoms with E-state index in [1.54, 1.807) is 17.9 Å². The summed E-state index contributed by atoms with van der Waals surface area (Å²) >= 11 is 0. The number of nitrogens with zero attached hydrogens (tertiary/aromatic N) is 1. The molecule has 1 aromatic carbocycles. The van der Waals surface area contributed by atoms with Gasteiger partial charge in [0.15, 0.2) is 9.84 Å². The van der Waals surface area contributed by atoms with Gasteiger partial charge in [-0.25, -0.2) is 8.42 Å². The minimum atomic E-state index is -3.39. The van der Waals surface area contributed by atoms with Gasteiger partial charge in [-0.15, -0.1) is 0 Å². The number of carboxylic acids is 1. The predicted octanol–water partition coefficient (Wildman–Crippen LogP) is 2.42. The quantitative estimate of drug-likeness (QED) is 0.863. The molecule has 1 heterocycles. The third-order valence-corrected chi connectivity index (χ3v) is 5.96. The van der Waals surface area contributed by atoms with Crippen molar-refractivity contribution in [1.29, 1.82) is 0 Å². The Kier molecular flexibility index (Phi) is 5.87. The van der Waals surface area contributed by atoms with Crippen LogP contribution in [0.1, 0.15) is 47.2 Å². The number of carboxylic acid groups (broad SMARTS) is 1. The molecule has 0 aromatic heterocycles. The van der Waals surface area contributed by atoms with Gasteiger partial charge in [0.25, 0.3) is 5.91 Å². The molecule has 138 valence electrons. The van der Waals surface area contributed by atoms with Gasteiger partial charge in [-0.2, -0.15) is 0 Å². The number of hydrogen-bond acceptors (Lipinski definition) is 4. The molecule has 2 rings (SSSR count). The summed E-state index contributed by atoms with van der Waals surface area (Å²) in [6.07, 6.45) is 3.54. The Morgan fingerprint density at radius 3 is 2.56 bits per heavy atom. The molecule has 1 aromatic rings. The molecule has 1 aliphatic heterocycles. The maximum Gasteiger partial charge on any atom is 0.303 e. The highest BCUT2D eigenvalue weighted by molar-refractivity contribution is 7.90. The van der Waals surface area contributed by atoms with Gasteiger partial charge in [0, 0.05) is 31.3 Å². The van der Waals surface area contributed by atoms with E-state index in [9.17, 15) is 18.0 Å². The van der Waals surface area contributed by atoms with Crippen LogP contribution in [0.3, 0.4) is 0 Å². The van der Waals surface area contributed by atoms with Crippen molar-refractivity contribution in [3.63, 3.8) is 0 Å². The molecule has 1 saturated heterocycles. The van der Waals surface area contributed by atoms with Crippen LogP contribution in [-0.4, -0.2) is 49.6 Å². The zero-order valence-electron chi connectivity index (χ0n) is 14.9. The lowest BCUT2D eigenvalue weighted by Crippen LogP contribution is -2.40. The summed E-state index contributed by atoms with van der Waals surface area (Å²) in [7, 11) is -3.39. The number of benzene rings is 1. The van der Waals surface area contributed by atoms with Crippen LogP contribution >= 0.6 is 0 Å². The maximum absolute atomic E-state index is 13.0. The number of amides is 1. The summed E-state index contributed by atoms with van der Waals surface area (Å²) < 4.78 is 23.7. The lowest BCUT2D eigenvalue weighted by atomic mass is 9.92. The summed E-state index contributed by atoms with van der Waals surface area (Å²) in [5, 5.41) is 8.83. The van der Waals surface area contributed by atoms with E-state index in [-0.39, 0.29) is 23.1 Å². The molecular formula is C18H25NO5S. The molecule has 0 saturated carbocycles. The Bertz CT molecular complexity index is 785. The second-order valence-electron chi connectivity index (χ2n) is 6.88. The highest BCUT2D eigenvalue weighted by Crippen LogP contribution is 2.26. The number of rotatable bonds is 5. The third-order valence-electron chi connectivity index (χ3n) is 4.87. The Hall–Kier alpha value is -1.89. The number of aryl methyl sites for hydroxylation is 1. The molecule has 1 N–H and O–H groups in total. The highest BCUT2D eigenvalue weighted by atomic mass is 32.2. The van der Waals surface area contributed by atoms with Gasteiger partial charge in [0.1, 0.15) is 0 Å². The van der Waals surface area contributed by atoms with Crippen LogP contribution in [0.5, 0.6) is 0 Å². The van der Waals surface area contributed by atoms with Gasteiger partial charge in [0.2, 0.25) is 0 Å². The zero-order chi connectivity index (χ0) is 18.8. The fraction of sp³-hybridized carbons (Fsp3) is 0.556. The summed E-state index contributed by atoms with van der Waals surface area (Å²) in [5.41, 5.74) is 1.97. The number of carbonyl (C=O) groups is 2. The lowest BCUT2D eigenvalue weighted by Gasteiger charge is -2.33. The fourth-order valence-electron chi connectivity index (χ4n) is 3.25. The van der Waals surface area contributed by atoms with Crippen molar-refractivity contribution in [2.24, 2.45) is 5.92 Å². The monoisotopic (exact) mass is 367 g/mol. The van der Waals surface area contributed by atoms with Crippen molar-refractivity contribution < 1.29 is 23.1 Å². The number of sulfone groups is 1. The van der Waals surface area contributed by atoms with Crippen LogP contribution in [0.25, 0.3) is 0 Å². The van der Waals surface area contributed by atoms with Crippen LogP contribution in [0.15, 0.2) is 17.0 Å². The van der Waals surface area contributed by atoms with Crippen molar-refractivity contribution >= 4 is 21.7 Å². The van der Waals surface area contributed by atoms with E-state index in [0.717, 1.165) is 30.2 Å². The standard InChI is InChI=1S/C18H25NO5S/c1-12-9-15(25(3,23)24)10-16(13(12)2)18(22)19-8-4-5-14(11-19)6-7-17(20)21/h9-10,14H,4-8,11H2,1-3H3,(H,20,21). The van der Waals surface area contributed by atoms with Gasteiger partial charge < -0.3 is 10.0 Å². The van der Waals surface area contributed by atoms with Crippen molar-refractivity contribution in [3.05, 3.63) is 28.8 Å². The first-order chi connectivity index (χ1) is 11.6. The molecule has 1 amide bonds. The molecule has 6 nitrogen and oxygen atoms in total. The van der Waals surface area contributed by atoms with Gasteiger partial charge in [0.05, 0.1) is 4.90 Å². The molecule has 1 fully saturated rings. The average molecular weight is 367 g/mol. The molecule has 0 bridgehead atoms. The second kappa shape index (κ2) is 7.56. The van der Waals surface area contributed by atoms with Gasteiger partial charge >= 0.3 is 5.97 Å². The van der Waals surface area contributed by atoms with Crippen molar-refractivity contribution in [1.82, 2.24) is 4.90 Å². The molecule has 1 atom stereocenters. The van der Waals surface area contributed by atoms with Crippen molar-refractivity contribution in [2.45, 2.75) is 44.4 Å². The Labute approximate surface area is 148 Å². The van der Waals surface area contributed by atoms with Crippen LogP contribution in [-0.2, 0) is 14.6 Å². The van der Waals surface area contributed by atoms with E-state index in [4.69, 9.17) is 5.11 Å².